The average Bonchev–Trinajstić information content (AvgIpc) is 2.34. The van der Waals surface area contributed by atoms with E-state index in [9.17, 15) is 13.9 Å². The Morgan fingerprint density at radius 2 is 1.78 bits per heavy atom. The van der Waals surface area contributed by atoms with Crippen molar-refractivity contribution in [3.63, 3.8) is 0 Å². The SMILES string of the molecule is Cc1ccc(Oc2ccc(O)c(F)c2C)cc1F. The van der Waals surface area contributed by atoms with E-state index < -0.39 is 11.6 Å². The molecular weight excluding hydrogens is 238 g/mol. The molecule has 2 nitrogen and oxygen atoms in total. The molecule has 94 valence electrons. The van der Waals surface area contributed by atoms with Crippen LogP contribution in [0.2, 0.25) is 0 Å². The van der Waals surface area contributed by atoms with Gasteiger partial charge in [-0.3, -0.25) is 0 Å². The summed E-state index contributed by atoms with van der Waals surface area (Å²) in [6, 6.07) is 7.05. The molecular formula is C14H12F2O2. The third-order valence-corrected chi connectivity index (χ3v) is 2.69. The fourth-order valence-electron chi connectivity index (χ4n) is 1.53. The third-order valence-electron chi connectivity index (χ3n) is 2.69. The van der Waals surface area contributed by atoms with E-state index in [2.05, 4.69) is 0 Å². The van der Waals surface area contributed by atoms with Gasteiger partial charge in [-0.25, -0.2) is 8.78 Å². The van der Waals surface area contributed by atoms with Crippen LogP contribution in [0.25, 0.3) is 0 Å². The summed E-state index contributed by atoms with van der Waals surface area (Å²) in [6.45, 7) is 3.12. The molecule has 0 bridgehead atoms. The normalized spacial score (nSPS) is 10.4. The van der Waals surface area contributed by atoms with Crippen molar-refractivity contribution in [2.75, 3.05) is 0 Å². The minimum absolute atomic E-state index is 0.177. The van der Waals surface area contributed by atoms with Crippen LogP contribution in [0.15, 0.2) is 30.3 Å². The van der Waals surface area contributed by atoms with Gasteiger partial charge in [0.2, 0.25) is 0 Å². The van der Waals surface area contributed by atoms with Gasteiger partial charge in [-0.05, 0) is 37.6 Å². The van der Waals surface area contributed by atoms with Crippen LogP contribution in [-0.4, -0.2) is 5.11 Å². The van der Waals surface area contributed by atoms with Crippen molar-refractivity contribution in [2.45, 2.75) is 13.8 Å². The van der Waals surface area contributed by atoms with Crippen molar-refractivity contribution in [1.29, 1.82) is 0 Å². The molecule has 18 heavy (non-hydrogen) atoms. The van der Waals surface area contributed by atoms with Gasteiger partial charge in [0.15, 0.2) is 11.6 Å². The number of aromatic hydroxyl groups is 1. The molecule has 0 aliphatic heterocycles. The molecule has 0 spiro atoms. The highest BCUT2D eigenvalue weighted by molar-refractivity contribution is 5.43. The molecule has 0 heterocycles. The van der Waals surface area contributed by atoms with E-state index >= 15 is 0 Å². The molecule has 0 unspecified atom stereocenters. The fraction of sp³-hybridized carbons (Fsp3) is 0.143. The first-order valence-electron chi connectivity index (χ1n) is 5.41. The summed E-state index contributed by atoms with van der Waals surface area (Å²) in [4.78, 5) is 0. The standard InChI is InChI=1S/C14H12F2O2/c1-8-3-4-10(7-11(8)15)18-13-6-5-12(17)14(16)9(13)2/h3-7,17H,1-2H3. The number of halogens is 2. The van der Waals surface area contributed by atoms with Gasteiger partial charge in [-0.15, -0.1) is 0 Å². The minimum Gasteiger partial charge on any atom is -0.505 e. The van der Waals surface area contributed by atoms with E-state index in [1.807, 2.05) is 0 Å². The second kappa shape index (κ2) is 4.64. The Bertz CT molecular complexity index is 595. The quantitative estimate of drug-likeness (QED) is 0.870. The van der Waals surface area contributed by atoms with Crippen LogP contribution >= 0.6 is 0 Å². The maximum Gasteiger partial charge on any atom is 0.171 e. The monoisotopic (exact) mass is 250 g/mol. The first-order chi connectivity index (χ1) is 8.49. The molecule has 0 radical (unpaired) electrons. The summed E-state index contributed by atoms with van der Waals surface area (Å²) in [7, 11) is 0. The first kappa shape index (κ1) is 12.4. The van der Waals surface area contributed by atoms with E-state index in [-0.39, 0.29) is 22.9 Å². The largest absolute Gasteiger partial charge is 0.505 e. The van der Waals surface area contributed by atoms with Crippen LogP contribution in [0, 0.1) is 25.5 Å². The van der Waals surface area contributed by atoms with Crippen LogP contribution in [-0.2, 0) is 0 Å². The zero-order valence-corrected chi connectivity index (χ0v) is 10.00. The second-order valence-electron chi connectivity index (χ2n) is 4.03. The number of benzene rings is 2. The first-order valence-corrected chi connectivity index (χ1v) is 5.41. The number of ether oxygens (including phenoxy) is 1. The molecule has 0 aliphatic rings. The zero-order chi connectivity index (χ0) is 13.3. The maximum atomic E-state index is 13.4. The summed E-state index contributed by atoms with van der Waals surface area (Å²) in [5.74, 6) is -1.03. The minimum atomic E-state index is -0.736. The lowest BCUT2D eigenvalue weighted by atomic mass is 10.2. The van der Waals surface area contributed by atoms with Gasteiger partial charge in [-0.2, -0.15) is 0 Å². The predicted octanol–water partition coefficient (Wildman–Crippen LogP) is 4.08. The number of phenolic OH excluding ortho intramolecular Hbond substituents is 1. The van der Waals surface area contributed by atoms with Crippen molar-refractivity contribution in [3.05, 3.63) is 53.1 Å². The Kier molecular flexibility index (Phi) is 3.19. The highest BCUT2D eigenvalue weighted by Crippen LogP contribution is 2.31. The maximum absolute atomic E-state index is 13.4. The predicted molar refractivity (Wildman–Crippen MR) is 64.0 cm³/mol. The van der Waals surface area contributed by atoms with Crippen LogP contribution in [0.1, 0.15) is 11.1 Å². The van der Waals surface area contributed by atoms with Gasteiger partial charge in [-0.1, -0.05) is 6.07 Å². The number of phenols is 1. The smallest absolute Gasteiger partial charge is 0.171 e. The number of rotatable bonds is 2. The Labute approximate surface area is 103 Å². The van der Waals surface area contributed by atoms with Crippen molar-refractivity contribution in [2.24, 2.45) is 0 Å². The molecule has 2 aromatic carbocycles. The number of hydrogen-bond acceptors (Lipinski definition) is 2. The third kappa shape index (κ3) is 2.27. The molecule has 0 aromatic heterocycles. The average molecular weight is 250 g/mol. The molecule has 0 atom stereocenters. The van der Waals surface area contributed by atoms with Crippen molar-refractivity contribution in [1.82, 2.24) is 0 Å². The molecule has 4 heteroatoms. The van der Waals surface area contributed by atoms with E-state index in [4.69, 9.17) is 4.74 Å². The molecule has 1 N–H and O–H groups in total. The van der Waals surface area contributed by atoms with Crippen LogP contribution < -0.4 is 4.74 Å². The fourth-order valence-corrected chi connectivity index (χ4v) is 1.53. The Hall–Kier alpha value is -2.10. The highest BCUT2D eigenvalue weighted by Gasteiger charge is 2.11. The molecule has 0 fully saturated rings. The summed E-state index contributed by atoms with van der Waals surface area (Å²) in [5.41, 5.74) is 0.687. The van der Waals surface area contributed by atoms with Gasteiger partial charge in [0.1, 0.15) is 17.3 Å². The lowest BCUT2D eigenvalue weighted by molar-refractivity contribution is 0.418. The van der Waals surface area contributed by atoms with Gasteiger partial charge >= 0.3 is 0 Å². The van der Waals surface area contributed by atoms with Crippen molar-refractivity contribution >= 4 is 0 Å². The number of hydrogen-bond donors (Lipinski definition) is 1. The Morgan fingerprint density at radius 1 is 1.06 bits per heavy atom. The Balaban J connectivity index is 2.34. The topological polar surface area (TPSA) is 29.5 Å². The van der Waals surface area contributed by atoms with Crippen LogP contribution in [0.4, 0.5) is 8.78 Å². The molecule has 0 aliphatic carbocycles. The van der Waals surface area contributed by atoms with E-state index in [1.165, 1.54) is 25.1 Å². The van der Waals surface area contributed by atoms with Gasteiger partial charge < -0.3 is 9.84 Å². The van der Waals surface area contributed by atoms with E-state index in [1.54, 1.807) is 19.1 Å². The van der Waals surface area contributed by atoms with Gasteiger partial charge in [0, 0.05) is 11.6 Å². The lowest BCUT2D eigenvalue weighted by Gasteiger charge is -2.10. The molecule has 0 saturated heterocycles. The zero-order valence-electron chi connectivity index (χ0n) is 10.00. The van der Waals surface area contributed by atoms with Crippen LogP contribution in [0.3, 0.4) is 0 Å². The highest BCUT2D eigenvalue weighted by atomic mass is 19.1. The molecule has 0 saturated carbocycles. The summed E-state index contributed by atoms with van der Waals surface area (Å²) < 4.78 is 32.2. The van der Waals surface area contributed by atoms with Gasteiger partial charge in [0.25, 0.3) is 0 Å². The van der Waals surface area contributed by atoms with Gasteiger partial charge in [0.05, 0.1) is 0 Å². The summed E-state index contributed by atoms with van der Waals surface area (Å²) in [5, 5.41) is 9.18. The summed E-state index contributed by atoms with van der Waals surface area (Å²) in [6.07, 6.45) is 0. The van der Waals surface area contributed by atoms with E-state index in [0.29, 0.717) is 5.56 Å². The second-order valence-corrected chi connectivity index (χ2v) is 4.03. The Morgan fingerprint density at radius 3 is 2.44 bits per heavy atom. The molecule has 2 aromatic rings. The molecule has 0 amide bonds. The molecule has 2 rings (SSSR count). The van der Waals surface area contributed by atoms with Crippen molar-refractivity contribution in [3.8, 4) is 17.2 Å². The number of aryl methyl sites for hydroxylation is 1. The lowest BCUT2D eigenvalue weighted by Crippen LogP contribution is -1.92. The van der Waals surface area contributed by atoms with Crippen molar-refractivity contribution < 1.29 is 18.6 Å². The summed E-state index contributed by atoms with van der Waals surface area (Å²) >= 11 is 0. The van der Waals surface area contributed by atoms with E-state index in [0.717, 1.165) is 0 Å². The van der Waals surface area contributed by atoms with Crippen LogP contribution in [0.5, 0.6) is 17.2 Å².